The van der Waals surface area contributed by atoms with Crippen LogP contribution in [0.25, 0.3) is 28.3 Å². The minimum atomic E-state index is -0.278. The molecular weight excluding hydrogens is 410 g/mol. The number of phenolic OH excluding ortho intramolecular Hbond substituents is 1. The number of carbonyl (C=O) groups excluding carboxylic acids is 1. The van der Waals surface area contributed by atoms with E-state index < -0.39 is 0 Å². The molecule has 0 atom stereocenters. The number of hydrogen-bond acceptors (Lipinski definition) is 6. The first-order valence-electron chi connectivity index (χ1n) is 9.59. The van der Waals surface area contributed by atoms with E-state index >= 15 is 0 Å². The van der Waals surface area contributed by atoms with E-state index in [0.29, 0.717) is 15.8 Å². The third kappa shape index (κ3) is 3.71. The molecule has 31 heavy (non-hydrogen) atoms. The molecule has 1 aromatic heterocycles. The Kier molecular flexibility index (Phi) is 4.80. The van der Waals surface area contributed by atoms with Crippen molar-refractivity contribution >= 4 is 45.5 Å². The van der Waals surface area contributed by atoms with Crippen molar-refractivity contribution in [1.82, 2.24) is 5.16 Å². The van der Waals surface area contributed by atoms with Crippen molar-refractivity contribution in [3.8, 4) is 17.1 Å². The number of aromatic hydroxyl groups is 1. The van der Waals surface area contributed by atoms with Gasteiger partial charge in [-0.1, -0.05) is 41.6 Å². The fourth-order valence-electron chi connectivity index (χ4n) is 3.33. The van der Waals surface area contributed by atoms with Crippen molar-refractivity contribution in [2.75, 3.05) is 11.9 Å². The summed E-state index contributed by atoms with van der Waals surface area (Å²) in [6.45, 7) is 0. The highest BCUT2D eigenvalue weighted by atomic mass is 32.2. The number of aromatic nitrogens is 1. The van der Waals surface area contributed by atoms with Crippen LogP contribution >= 0.6 is 11.8 Å². The number of phenols is 1. The summed E-state index contributed by atoms with van der Waals surface area (Å²) in [6, 6.07) is 22.3. The summed E-state index contributed by atoms with van der Waals surface area (Å²) >= 11 is 1.31. The molecule has 3 aromatic carbocycles. The molecule has 1 aliphatic rings. The Morgan fingerprint density at radius 2 is 1.81 bits per heavy atom. The zero-order valence-electron chi connectivity index (χ0n) is 16.5. The van der Waals surface area contributed by atoms with Crippen molar-refractivity contribution in [2.45, 2.75) is 0 Å². The quantitative estimate of drug-likeness (QED) is 0.447. The van der Waals surface area contributed by atoms with Crippen molar-refractivity contribution in [3.05, 3.63) is 83.3 Å². The van der Waals surface area contributed by atoms with Gasteiger partial charge in [0.1, 0.15) is 11.3 Å². The van der Waals surface area contributed by atoms with Crippen molar-refractivity contribution < 1.29 is 14.4 Å². The van der Waals surface area contributed by atoms with Crippen LogP contribution in [0.15, 0.2) is 87.2 Å². The third-order valence-corrected chi connectivity index (χ3v) is 6.03. The molecule has 1 amide bonds. The second-order valence-corrected chi connectivity index (χ2v) is 8.05. The van der Waals surface area contributed by atoms with Crippen LogP contribution in [0, 0.1) is 0 Å². The smallest absolute Gasteiger partial charge is 0.286 e. The van der Waals surface area contributed by atoms with Crippen LogP contribution in [0.1, 0.15) is 5.56 Å². The number of anilines is 1. The number of nitrogens with zero attached hydrogens (tertiary/aromatic N) is 3. The van der Waals surface area contributed by atoms with Gasteiger partial charge in [0.2, 0.25) is 0 Å². The molecule has 152 valence electrons. The zero-order valence-corrected chi connectivity index (χ0v) is 17.3. The average Bonchev–Trinajstić information content (AvgIpc) is 3.38. The maximum atomic E-state index is 12.5. The first-order chi connectivity index (χ1) is 15.1. The van der Waals surface area contributed by atoms with Crippen LogP contribution in [0.4, 0.5) is 5.69 Å². The molecule has 6 nitrogen and oxygen atoms in total. The minimum absolute atomic E-state index is 0.189. The lowest BCUT2D eigenvalue weighted by Crippen LogP contribution is -2.21. The molecule has 4 aromatic rings. The zero-order chi connectivity index (χ0) is 21.4. The molecule has 0 fully saturated rings. The number of fused-ring (bicyclic) bond motifs is 1. The van der Waals surface area contributed by atoms with Gasteiger partial charge in [0.15, 0.2) is 10.9 Å². The number of amidine groups is 1. The molecule has 0 bridgehead atoms. The molecule has 7 heteroatoms. The van der Waals surface area contributed by atoms with Gasteiger partial charge < -0.3 is 14.5 Å². The Balaban J connectivity index is 1.43. The Hall–Kier alpha value is -3.84. The third-order valence-electron chi connectivity index (χ3n) is 4.97. The summed E-state index contributed by atoms with van der Waals surface area (Å²) in [5, 5.41) is 15.1. The second-order valence-electron chi connectivity index (χ2n) is 7.04. The van der Waals surface area contributed by atoms with Crippen molar-refractivity contribution in [3.63, 3.8) is 0 Å². The van der Waals surface area contributed by atoms with Crippen molar-refractivity contribution in [2.24, 2.45) is 4.99 Å². The van der Waals surface area contributed by atoms with Crippen LogP contribution in [0.3, 0.4) is 0 Å². The van der Waals surface area contributed by atoms with E-state index in [0.717, 1.165) is 27.7 Å². The fraction of sp³-hybridized carbons (Fsp3) is 0.0417. The van der Waals surface area contributed by atoms with Crippen molar-refractivity contribution in [1.29, 1.82) is 0 Å². The first-order valence-corrected chi connectivity index (χ1v) is 10.4. The topological polar surface area (TPSA) is 78.9 Å². The highest BCUT2D eigenvalue weighted by molar-refractivity contribution is 8.18. The second kappa shape index (κ2) is 7.77. The number of aliphatic imine (C=N–C) groups is 1. The molecule has 0 unspecified atom stereocenters. The lowest BCUT2D eigenvalue weighted by Gasteiger charge is -2.17. The van der Waals surface area contributed by atoms with E-state index in [1.54, 1.807) is 24.3 Å². The monoisotopic (exact) mass is 427 g/mol. The molecule has 2 heterocycles. The standard InChI is InChI=1S/C24H17N3O3S/c1-27(17-8-10-18(28)11-9-17)24-25-23(29)21(31-24)14-15-7-12-20-19(13-15)22(30-26-20)16-5-3-2-4-6-16/h2-14,28H,1H3/b21-14-. The van der Waals surface area contributed by atoms with Gasteiger partial charge in [0, 0.05) is 18.3 Å². The Morgan fingerprint density at radius 3 is 2.58 bits per heavy atom. The SMILES string of the molecule is CN(C1=NC(=O)/C(=C/c2ccc3noc(-c4ccccc4)c3c2)S1)c1ccc(O)cc1. The number of hydrogen-bond donors (Lipinski definition) is 1. The lowest BCUT2D eigenvalue weighted by molar-refractivity contribution is -0.113. The van der Waals surface area contributed by atoms with E-state index in [9.17, 15) is 9.90 Å². The molecule has 1 N–H and O–H groups in total. The summed E-state index contributed by atoms with van der Waals surface area (Å²) in [5.41, 5.74) is 3.40. The van der Waals surface area contributed by atoms with Gasteiger partial charge in [-0.2, -0.15) is 4.99 Å². The number of amides is 1. The largest absolute Gasteiger partial charge is 0.508 e. The fourth-order valence-corrected chi connectivity index (χ4v) is 4.22. The molecule has 0 aliphatic carbocycles. The molecule has 0 saturated carbocycles. The van der Waals surface area contributed by atoms with Crippen LogP contribution in [-0.2, 0) is 4.79 Å². The van der Waals surface area contributed by atoms with E-state index in [1.807, 2.05) is 66.6 Å². The van der Waals surface area contributed by atoms with Crippen LogP contribution in [0.2, 0.25) is 0 Å². The maximum Gasteiger partial charge on any atom is 0.286 e. The Morgan fingerprint density at radius 1 is 1.03 bits per heavy atom. The molecule has 0 radical (unpaired) electrons. The highest BCUT2D eigenvalue weighted by Crippen LogP contribution is 2.34. The minimum Gasteiger partial charge on any atom is -0.508 e. The summed E-state index contributed by atoms with van der Waals surface area (Å²) in [6.07, 6.45) is 1.83. The highest BCUT2D eigenvalue weighted by Gasteiger charge is 2.25. The molecule has 0 spiro atoms. The summed E-state index contributed by atoms with van der Waals surface area (Å²) < 4.78 is 5.56. The molecule has 5 rings (SSSR count). The van der Waals surface area contributed by atoms with E-state index in [1.165, 1.54) is 11.8 Å². The van der Waals surface area contributed by atoms with Crippen LogP contribution < -0.4 is 4.90 Å². The van der Waals surface area contributed by atoms with Gasteiger partial charge in [-0.25, -0.2) is 0 Å². The van der Waals surface area contributed by atoms with E-state index in [4.69, 9.17) is 4.52 Å². The van der Waals surface area contributed by atoms with E-state index in [-0.39, 0.29) is 11.7 Å². The average molecular weight is 427 g/mol. The number of thioether (sulfide) groups is 1. The maximum absolute atomic E-state index is 12.5. The molecular formula is C24H17N3O3S. The van der Waals surface area contributed by atoms with Gasteiger partial charge in [0.25, 0.3) is 5.91 Å². The van der Waals surface area contributed by atoms with E-state index in [2.05, 4.69) is 10.1 Å². The van der Waals surface area contributed by atoms with Gasteiger partial charge in [-0.3, -0.25) is 4.79 Å². The van der Waals surface area contributed by atoms with Crippen LogP contribution in [0.5, 0.6) is 5.75 Å². The molecule has 0 saturated heterocycles. The predicted octanol–water partition coefficient (Wildman–Crippen LogP) is 5.31. The van der Waals surface area contributed by atoms with Gasteiger partial charge in [0.05, 0.1) is 10.3 Å². The number of rotatable bonds is 3. The first kappa shape index (κ1) is 19.1. The molecule has 1 aliphatic heterocycles. The summed E-state index contributed by atoms with van der Waals surface area (Å²) in [7, 11) is 1.84. The number of benzene rings is 3. The van der Waals surface area contributed by atoms with Gasteiger partial charge >= 0.3 is 0 Å². The lowest BCUT2D eigenvalue weighted by atomic mass is 10.1. The Labute approximate surface area is 182 Å². The number of carbonyl (C=O) groups is 1. The predicted molar refractivity (Wildman–Crippen MR) is 124 cm³/mol. The summed E-state index contributed by atoms with van der Waals surface area (Å²) in [5.74, 6) is 0.610. The van der Waals surface area contributed by atoms with Crippen LogP contribution in [-0.4, -0.2) is 28.4 Å². The van der Waals surface area contributed by atoms with Gasteiger partial charge in [-0.15, -0.1) is 0 Å². The van der Waals surface area contributed by atoms with Gasteiger partial charge in [-0.05, 0) is 59.8 Å². The Bertz CT molecular complexity index is 1340. The normalized spacial score (nSPS) is 14.9. The summed E-state index contributed by atoms with van der Waals surface area (Å²) in [4.78, 5) is 19.1.